The van der Waals surface area contributed by atoms with Gasteiger partial charge < -0.3 is 4.42 Å². The van der Waals surface area contributed by atoms with Gasteiger partial charge in [0, 0.05) is 16.3 Å². The van der Waals surface area contributed by atoms with Crippen LogP contribution in [0.2, 0.25) is 0 Å². The summed E-state index contributed by atoms with van der Waals surface area (Å²) in [6.45, 7) is 0. The second-order valence-corrected chi connectivity index (χ2v) is 14.0. The molecule has 234 valence electrons. The van der Waals surface area contributed by atoms with Crippen LogP contribution < -0.4 is 0 Å². The molecule has 0 spiro atoms. The number of furan rings is 1. The van der Waals surface area contributed by atoms with Crippen LogP contribution in [-0.4, -0.2) is 0 Å². The van der Waals surface area contributed by atoms with E-state index >= 15 is 0 Å². The smallest absolute Gasteiger partial charge is 0.143 e. The van der Waals surface area contributed by atoms with E-state index in [0.717, 1.165) is 27.5 Å². The first-order valence-corrected chi connectivity index (χ1v) is 17.7. The van der Waals surface area contributed by atoms with E-state index in [1.54, 1.807) is 0 Å². The van der Waals surface area contributed by atoms with Gasteiger partial charge in [0.2, 0.25) is 0 Å². The van der Waals surface area contributed by atoms with E-state index in [1.165, 1.54) is 92.1 Å². The van der Waals surface area contributed by atoms with E-state index in [9.17, 15) is 0 Å². The van der Waals surface area contributed by atoms with Crippen molar-refractivity contribution in [2.75, 3.05) is 0 Å². The zero-order chi connectivity index (χ0) is 33.2. The van der Waals surface area contributed by atoms with Crippen molar-refractivity contribution in [3.8, 4) is 22.3 Å². The molecule has 0 saturated carbocycles. The van der Waals surface area contributed by atoms with Crippen molar-refractivity contribution in [2.24, 2.45) is 0 Å². The van der Waals surface area contributed by atoms with Crippen LogP contribution in [0.25, 0.3) is 120 Å². The lowest BCUT2D eigenvalue weighted by Gasteiger charge is -2.16. The van der Waals surface area contributed by atoms with Crippen LogP contribution in [0.3, 0.4) is 0 Å². The first kappa shape index (κ1) is 27.2. The minimum atomic E-state index is 0.909. The molecule has 0 aliphatic carbocycles. The van der Waals surface area contributed by atoms with Crippen molar-refractivity contribution in [3.05, 3.63) is 170 Å². The Hall–Kier alpha value is -6.70. The predicted molar refractivity (Wildman–Crippen MR) is 218 cm³/mol. The van der Waals surface area contributed by atoms with Crippen LogP contribution in [-0.2, 0) is 0 Å². The summed E-state index contributed by atoms with van der Waals surface area (Å²) in [6.07, 6.45) is 0. The summed E-state index contributed by atoms with van der Waals surface area (Å²) in [5.41, 5.74) is 6.54. The SMILES string of the molecule is c1ccc2cc3c(cc2c1)oc1c(-c2ccc4ccc5cccc6ccc2c4c56)ccc(-c2cccc4c2ccc2ccc5ccccc5c24)c13. The third-order valence-electron chi connectivity index (χ3n) is 11.4. The standard InChI is InChI=1S/C50H28O/c1-2-9-35-28-45-44(27-34(35)8-1)49-42(37-13-6-14-40-38(37)22-19-32-16-15-29-7-3-4-12-36(29)47(32)40)25-26-43(50(49)51-45)39-23-20-33-18-17-30-10-5-11-31-21-24-41(39)48(33)46(30)31/h1-28H. The van der Waals surface area contributed by atoms with E-state index in [4.69, 9.17) is 4.42 Å². The minimum Gasteiger partial charge on any atom is -0.455 e. The van der Waals surface area contributed by atoms with Gasteiger partial charge in [0.25, 0.3) is 0 Å². The fraction of sp³-hybridized carbons (Fsp3) is 0. The maximum Gasteiger partial charge on any atom is 0.143 e. The fourth-order valence-corrected chi connectivity index (χ4v) is 9.07. The van der Waals surface area contributed by atoms with E-state index in [1.807, 2.05) is 0 Å². The average Bonchev–Trinajstić information content (AvgIpc) is 3.56. The summed E-state index contributed by atoms with van der Waals surface area (Å²) >= 11 is 0. The minimum absolute atomic E-state index is 0.909. The second kappa shape index (κ2) is 9.94. The Morgan fingerprint density at radius 2 is 0.804 bits per heavy atom. The van der Waals surface area contributed by atoms with Crippen molar-refractivity contribution in [3.63, 3.8) is 0 Å². The Morgan fingerprint density at radius 1 is 0.255 bits per heavy atom. The first-order valence-electron chi connectivity index (χ1n) is 17.7. The van der Waals surface area contributed by atoms with Crippen LogP contribution in [0, 0.1) is 0 Å². The average molecular weight is 645 g/mol. The van der Waals surface area contributed by atoms with Crippen LogP contribution >= 0.6 is 0 Å². The molecule has 0 aliphatic rings. The fourth-order valence-electron chi connectivity index (χ4n) is 9.07. The van der Waals surface area contributed by atoms with Gasteiger partial charge in [-0.1, -0.05) is 152 Å². The molecule has 0 radical (unpaired) electrons. The molecule has 12 aromatic rings. The first-order chi connectivity index (χ1) is 25.3. The van der Waals surface area contributed by atoms with Gasteiger partial charge in [0.05, 0.1) is 0 Å². The summed E-state index contributed by atoms with van der Waals surface area (Å²) in [4.78, 5) is 0. The Balaban J connectivity index is 1.21. The predicted octanol–water partition coefficient (Wildman–Crippen LogP) is 14.4. The van der Waals surface area contributed by atoms with Crippen molar-refractivity contribution in [2.45, 2.75) is 0 Å². The number of rotatable bonds is 2. The highest BCUT2D eigenvalue weighted by atomic mass is 16.3. The zero-order valence-corrected chi connectivity index (χ0v) is 27.6. The third kappa shape index (κ3) is 3.70. The summed E-state index contributed by atoms with van der Waals surface area (Å²) < 4.78 is 7.04. The molecule has 12 rings (SSSR count). The summed E-state index contributed by atoms with van der Waals surface area (Å²) in [6, 6.07) is 62.6. The van der Waals surface area contributed by atoms with E-state index in [2.05, 4.69) is 170 Å². The molecule has 0 fully saturated rings. The lowest BCUT2D eigenvalue weighted by Crippen LogP contribution is -1.89. The topological polar surface area (TPSA) is 13.1 Å². The molecule has 0 unspecified atom stereocenters. The molecular weight excluding hydrogens is 617 g/mol. The lowest BCUT2D eigenvalue weighted by molar-refractivity contribution is 0.670. The molecule has 51 heavy (non-hydrogen) atoms. The monoisotopic (exact) mass is 644 g/mol. The van der Waals surface area contributed by atoms with E-state index in [0.29, 0.717) is 0 Å². The quantitative estimate of drug-likeness (QED) is 0.171. The highest BCUT2D eigenvalue weighted by Crippen LogP contribution is 2.47. The Kier molecular flexibility index (Phi) is 5.29. The third-order valence-corrected chi connectivity index (χ3v) is 11.4. The van der Waals surface area contributed by atoms with Gasteiger partial charge in [0.15, 0.2) is 0 Å². The van der Waals surface area contributed by atoms with Crippen molar-refractivity contribution in [1.29, 1.82) is 0 Å². The molecule has 1 heteroatoms. The Labute approximate surface area is 292 Å². The van der Waals surface area contributed by atoms with Gasteiger partial charge >= 0.3 is 0 Å². The van der Waals surface area contributed by atoms with Gasteiger partial charge in [-0.25, -0.2) is 0 Å². The van der Waals surface area contributed by atoms with E-state index in [-0.39, 0.29) is 0 Å². The van der Waals surface area contributed by atoms with Crippen molar-refractivity contribution in [1.82, 2.24) is 0 Å². The van der Waals surface area contributed by atoms with Gasteiger partial charge in [-0.05, 0) is 110 Å². The molecule has 0 aliphatic heterocycles. The van der Waals surface area contributed by atoms with Crippen molar-refractivity contribution >= 4 is 97.3 Å². The molecule has 1 heterocycles. The molecule has 0 amide bonds. The van der Waals surface area contributed by atoms with Crippen LogP contribution in [0.5, 0.6) is 0 Å². The highest BCUT2D eigenvalue weighted by Gasteiger charge is 2.21. The number of hydrogen-bond donors (Lipinski definition) is 0. The molecular formula is C50H28O. The lowest BCUT2D eigenvalue weighted by atomic mass is 9.87. The maximum absolute atomic E-state index is 7.04. The number of hydrogen-bond acceptors (Lipinski definition) is 1. The molecule has 0 N–H and O–H groups in total. The van der Waals surface area contributed by atoms with Crippen LogP contribution in [0.1, 0.15) is 0 Å². The normalized spacial score (nSPS) is 12.3. The Morgan fingerprint density at radius 3 is 1.65 bits per heavy atom. The zero-order valence-electron chi connectivity index (χ0n) is 27.6. The van der Waals surface area contributed by atoms with Crippen LogP contribution in [0.15, 0.2) is 174 Å². The number of benzene rings is 11. The summed E-state index contributed by atoms with van der Waals surface area (Å²) in [7, 11) is 0. The molecule has 0 saturated heterocycles. The largest absolute Gasteiger partial charge is 0.455 e. The summed E-state index contributed by atoms with van der Waals surface area (Å²) in [5.74, 6) is 0. The van der Waals surface area contributed by atoms with Gasteiger partial charge in [-0.15, -0.1) is 0 Å². The van der Waals surface area contributed by atoms with Gasteiger partial charge in [-0.2, -0.15) is 0 Å². The maximum atomic E-state index is 7.04. The molecule has 1 nitrogen and oxygen atoms in total. The van der Waals surface area contributed by atoms with E-state index < -0.39 is 0 Å². The molecule has 0 atom stereocenters. The van der Waals surface area contributed by atoms with Gasteiger partial charge in [0.1, 0.15) is 11.2 Å². The summed E-state index contributed by atoms with van der Waals surface area (Å²) in [5, 5.41) is 20.0. The second-order valence-electron chi connectivity index (χ2n) is 14.0. The highest BCUT2D eigenvalue weighted by molar-refractivity contribution is 6.28. The van der Waals surface area contributed by atoms with Crippen LogP contribution in [0.4, 0.5) is 0 Å². The van der Waals surface area contributed by atoms with Gasteiger partial charge in [-0.3, -0.25) is 0 Å². The van der Waals surface area contributed by atoms with Crippen molar-refractivity contribution < 1.29 is 4.42 Å². The Bertz CT molecular complexity index is 3400. The molecule has 1 aromatic heterocycles. The number of fused-ring (bicyclic) bond motifs is 9. The molecule has 0 bridgehead atoms. The molecule has 11 aromatic carbocycles.